The zero-order valence-electron chi connectivity index (χ0n) is 14.7. The maximum Gasteiger partial charge on any atom is 0.239 e. The lowest BCUT2D eigenvalue weighted by Crippen LogP contribution is -2.42. The van der Waals surface area contributed by atoms with Crippen molar-refractivity contribution in [2.45, 2.75) is 19.3 Å². The second-order valence-electron chi connectivity index (χ2n) is 6.75. The molecule has 4 rings (SSSR count). The molecule has 1 atom stereocenters. The van der Waals surface area contributed by atoms with Gasteiger partial charge in [-0.2, -0.15) is 0 Å². The molecule has 2 aliphatic heterocycles. The monoisotopic (exact) mass is 405 g/mol. The number of carbonyl (C=O) groups excluding carboxylic acids is 2. The molecule has 1 unspecified atom stereocenters. The third-order valence-corrected chi connectivity index (χ3v) is 5.41. The largest absolute Gasteiger partial charge is 0.398 e. The van der Waals surface area contributed by atoms with Gasteiger partial charge in [0.25, 0.3) is 0 Å². The molecule has 0 radical (unpaired) electrons. The smallest absolute Gasteiger partial charge is 0.239 e. The van der Waals surface area contributed by atoms with Crippen LogP contribution in [0.4, 0.5) is 17.1 Å². The molecule has 2 aromatic rings. The van der Waals surface area contributed by atoms with E-state index in [2.05, 4.69) is 0 Å². The van der Waals surface area contributed by atoms with E-state index in [1.807, 2.05) is 30.3 Å². The first-order valence-corrected chi connectivity index (χ1v) is 9.20. The molecule has 7 heteroatoms. The Balaban J connectivity index is 0.00000210. The molecule has 27 heavy (non-hydrogen) atoms. The van der Waals surface area contributed by atoms with Crippen molar-refractivity contribution in [2.75, 3.05) is 28.6 Å². The summed E-state index contributed by atoms with van der Waals surface area (Å²) < 4.78 is 0. The molecule has 1 saturated heterocycles. The number of benzene rings is 2. The number of rotatable bonds is 2. The van der Waals surface area contributed by atoms with Crippen LogP contribution in [0, 0.1) is 5.92 Å². The Morgan fingerprint density at radius 2 is 1.93 bits per heavy atom. The lowest BCUT2D eigenvalue weighted by atomic mass is 9.97. The lowest BCUT2D eigenvalue weighted by Gasteiger charge is -2.31. The van der Waals surface area contributed by atoms with E-state index in [9.17, 15) is 9.59 Å². The average Bonchev–Trinajstić information content (AvgIpc) is 3.02. The van der Waals surface area contributed by atoms with Crippen LogP contribution in [0.5, 0.6) is 0 Å². The van der Waals surface area contributed by atoms with E-state index >= 15 is 0 Å². The number of anilines is 3. The highest BCUT2D eigenvalue weighted by atomic mass is 35.5. The summed E-state index contributed by atoms with van der Waals surface area (Å²) in [6.45, 7) is 1.14. The van der Waals surface area contributed by atoms with Gasteiger partial charge in [-0.3, -0.25) is 9.59 Å². The molecule has 0 spiro atoms. The van der Waals surface area contributed by atoms with Crippen LogP contribution in [0.3, 0.4) is 0 Å². The van der Waals surface area contributed by atoms with Crippen LogP contribution in [0.15, 0.2) is 42.5 Å². The van der Waals surface area contributed by atoms with Crippen LogP contribution in [0.1, 0.15) is 18.4 Å². The molecule has 142 valence electrons. The van der Waals surface area contributed by atoms with Gasteiger partial charge in [-0.25, -0.2) is 0 Å². The fraction of sp³-hybridized carbons (Fsp3) is 0.300. The zero-order chi connectivity index (χ0) is 18.3. The fourth-order valence-corrected chi connectivity index (χ4v) is 4.06. The minimum absolute atomic E-state index is 0. The summed E-state index contributed by atoms with van der Waals surface area (Å²) in [6.07, 6.45) is 2.23. The maximum atomic E-state index is 13.1. The molecule has 0 aromatic heterocycles. The number of carbonyl (C=O) groups is 2. The Morgan fingerprint density at radius 3 is 2.70 bits per heavy atom. The van der Waals surface area contributed by atoms with Gasteiger partial charge in [0, 0.05) is 35.2 Å². The summed E-state index contributed by atoms with van der Waals surface area (Å²) in [6, 6.07) is 12.8. The van der Waals surface area contributed by atoms with Crippen molar-refractivity contribution in [3.63, 3.8) is 0 Å². The van der Waals surface area contributed by atoms with Crippen LogP contribution in [0.2, 0.25) is 5.02 Å². The van der Waals surface area contributed by atoms with Gasteiger partial charge < -0.3 is 15.5 Å². The second-order valence-corrected chi connectivity index (χ2v) is 7.19. The number of halogens is 2. The molecule has 2 amide bonds. The van der Waals surface area contributed by atoms with Crippen LogP contribution in [0.25, 0.3) is 0 Å². The highest BCUT2D eigenvalue weighted by Gasteiger charge is 2.41. The number of hydrogen-bond donors (Lipinski definition) is 1. The molecule has 5 nitrogen and oxygen atoms in total. The van der Waals surface area contributed by atoms with Crippen LogP contribution in [-0.2, 0) is 16.0 Å². The topological polar surface area (TPSA) is 66.6 Å². The quantitative estimate of drug-likeness (QED) is 0.611. The van der Waals surface area contributed by atoms with Gasteiger partial charge in [-0.05, 0) is 55.2 Å². The number of nitrogen functional groups attached to an aromatic ring is 1. The number of fused-ring (bicyclic) bond motifs is 1. The molecule has 2 heterocycles. The first-order chi connectivity index (χ1) is 12.6. The predicted molar refractivity (Wildman–Crippen MR) is 111 cm³/mol. The number of hydrogen-bond acceptors (Lipinski definition) is 3. The summed E-state index contributed by atoms with van der Waals surface area (Å²) in [5.41, 5.74) is 9.36. The van der Waals surface area contributed by atoms with E-state index in [1.165, 1.54) is 0 Å². The second kappa shape index (κ2) is 7.79. The Labute approximate surface area is 169 Å². The van der Waals surface area contributed by atoms with E-state index in [4.69, 9.17) is 17.3 Å². The number of nitrogens with zero attached hydrogens (tertiary/aromatic N) is 2. The van der Waals surface area contributed by atoms with Crippen LogP contribution < -0.4 is 15.5 Å². The van der Waals surface area contributed by atoms with E-state index < -0.39 is 5.92 Å². The van der Waals surface area contributed by atoms with Gasteiger partial charge in [0.1, 0.15) is 5.92 Å². The molecular formula is C20H21Cl2N3O2. The molecule has 2 N–H and O–H groups in total. The average molecular weight is 406 g/mol. The molecule has 1 fully saturated rings. The first-order valence-electron chi connectivity index (χ1n) is 8.82. The van der Waals surface area contributed by atoms with Gasteiger partial charge in [-0.1, -0.05) is 23.7 Å². The molecule has 0 saturated carbocycles. The molecule has 2 aromatic carbocycles. The lowest BCUT2D eigenvalue weighted by molar-refractivity contribution is -0.130. The summed E-state index contributed by atoms with van der Waals surface area (Å²) in [5.74, 6) is -0.944. The van der Waals surface area contributed by atoms with Crippen molar-refractivity contribution >= 4 is 52.9 Å². The van der Waals surface area contributed by atoms with Gasteiger partial charge in [-0.15, -0.1) is 12.4 Å². The standard InChI is InChI=1S/C20H20ClN3O2.ClH/c21-13-4-1-5-14(12-13)23-11-9-16(19(23)25)20(26)24-10-3-6-15-17(22)7-2-8-18(15)24;/h1-2,4-5,7-8,12,16H,3,6,9-11,22H2;1H. The first kappa shape index (κ1) is 19.5. The van der Waals surface area contributed by atoms with Crippen molar-refractivity contribution in [1.82, 2.24) is 0 Å². The summed E-state index contributed by atoms with van der Waals surface area (Å²) in [5, 5.41) is 0.575. The van der Waals surface area contributed by atoms with E-state index in [-0.39, 0.29) is 24.2 Å². The highest BCUT2D eigenvalue weighted by molar-refractivity contribution is 6.31. The van der Waals surface area contributed by atoms with Crippen molar-refractivity contribution in [2.24, 2.45) is 5.92 Å². The molecule has 2 aliphatic rings. The SMILES string of the molecule is Cl.Nc1cccc2c1CCCN2C(=O)C1CCN(c2cccc(Cl)c2)C1=O. The van der Waals surface area contributed by atoms with Gasteiger partial charge in [0.15, 0.2) is 0 Å². The fourth-order valence-electron chi connectivity index (χ4n) is 3.88. The van der Waals surface area contributed by atoms with Gasteiger partial charge in [0.05, 0.1) is 0 Å². The third-order valence-electron chi connectivity index (χ3n) is 5.18. The molecular weight excluding hydrogens is 385 g/mol. The molecule has 0 bridgehead atoms. The molecule has 0 aliphatic carbocycles. The Morgan fingerprint density at radius 1 is 1.15 bits per heavy atom. The van der Waals surface area contributed by atoms with E-state index in [1.54, 1.807) is 21.9 Å². The predicted octanol–water partition coefficient (Wildman–Crippen LogP) is 3.68. The maximum absolute atomic E-state index is 13.1. The summed E-state index contributed by atoms with van der Waals surface area (Å²) in [7, 11) is 0. The normalized spacial score (nSPS) is 18.9. The van der Waals surface area contributed by atoms with Crippen LogP contribution in [-0.4, -0.2) is 24.9 Å². The third kappa shape index (κ3) is 3.49. The minimum atomic E-state index is -0.652. The summed E-state index contributed by atoms with van der Waals surface area (Å²) >= 11 is 6.04. The van der Waals surface area contributed by atoms with Crippen molar-refractivity contribution in [3.8, 4) is 0 Å². The van der Waals surface area contributed by atoms with Gasteiger partial charge >= 0.3 is 0 Å². The highest BCUT2D eigenvalue weighted by Crippen LogP contribution is 2.34. The van der Waals surface area contributed by atoms with Crippen molar-refractivity contribution < 1.29 is 9.59 Å². The Kier molecular flexibility index (Phi) is 5.63. The van der Waals surface area contributed by atoms with E-state index in [0.717, 1.165) is 29.8 Å². The van der Waals surface area contributed by atoms with Crippen molar-refractivity contribution in [1.29, 1.82) is 0 Å². The van der Waals surface area contributed by atoms with Crippen molar-refractivity contribution in [3.05, 3.63) is 53.1 Å². The van der Waals surface area contributed by atoms with Gasteiger partial charge in [0.2, 0.25) is 11.8 Å². The summed E-state index contributed by atoms with van der Waals surface area (Å²) in [4.78, 5) is 29.4. The zero-order valence-corrected chi connectivity index (χ0v) is 16.3. The Bertz CT molecular complexity index is 887. The van der Waals surface area contributed by atoms with E-state index in [0.29, 0.717) is 30.2 Å². The van der Waals surface area contributed by atoms with Crippen LogP contribution >= 0.6 is 24.0 Å². The number of nitrogens with two attached hydrogens (primary N) is 1. The Hall–Kier alpha value is -2.24. The minimum Gasteiger partial charge on any atom is -0.398 e. The number of amides is 2.